The predicted octanol–water partition coefficient (Wildman–Crippen LogP) is 1.15. The van der Waals surface area contributed by atoms with E-state index in [1.165, 1.54) is 10.6 Å². The van der Waals surface area contributed by atoms with Crippen LogP contribution in [0.1, 0.15) is 27.9 Å². The third kappa shape index (κ3) is 2.87. The summed E-state index contributed by atoms with van der Waals surface area (Å²) in [5.41, 5.74) is 0.135. The molecule has 0 aliphatic carbocycles. The molecule has 1 fully saturated rings. The number of piperazine rings is 1. The van der Waals surface area contributed by atoms with E-state index in [0.717, 1.165) is 13.1 Å². The van der Waals surface area contributed by atoms with Crippen molar-refractivity contribution >= 4 is 17.9 Å². The second kappa shape index (κ2) is 6.70. The Morgan fingerprint density at radius 2 is 1.78 bits per heavy atom. The highest BCUT2D eigenvalue weighted by Gasteiger charge is 2.31. The first-order valence-corrected chi connectivity index (χ1v) is 7.35. The van der Waals surface area contributed by atoms with Crippen molar-refractivity contribution in [3.63, 3.8) is 0 Å². The van der Waals surface area contributed by atoms with Gasteiger partial charge in [-0.05, 0) is 20.0 Å². The Hall–Kier alpha value is -2.54. The van der Waals surface area contributed by atoms with Gasteiger partial charge >= 0.3 is 0 Å². The monoisotopic (exact) mass is 319 g/mol. The Morgan fingerprint density at radius 3 is 2.26 bits per heavy atom. The molecule has 7 heteroatoms. The van der Waals surface area contributed by atoms with Gasteiger partial charge in [0.05, 0.1) is 0 Å². The van der Waals surface area contributed by atoms with Crippen LogP contribution in [0.5, 0.6) is 11.5 Å². The molecule has 1 saturated heterocycles. The van der Waals surface area contributed by atoms with E-state index >= 15 is 0 Å². The molecule has 1 amide bonds. The first kappa shape index (κ1) is 16.8. The maximum atomic E-state index is 12.8. The van der Waals surface area contributed by atoms with Gasteiger partial charge < -0.3 is 20.0 Å². The van der Waals surface area contributed by atoms with Crippen LogP contribution < -0.4 is 0 Å². The van der Waals surface area contributed by atoms with E-state index in [9.17, 15) is 19.8 Å². The number of nitrogens with zero attached hydrogens (tertiary/aromatic N) is 3. The van der Waals surface area contributed by atoms with Gasteiger partial charge in [0.15, 0.2) is 23.5 Å². The molecule has 0 aromatic carbocycles. The lowest BCUT2D eigenvalue weighted by Crippen LogP contribution is -2.47. The van der Waals surface area contributed by atoms with E-state index in [-0.39, 0.29) is 11.4 Å². The lowest BCUT2D eigenvalue weighted by molar-refractivity contribution is 0.0653. The third-order valence-corrected chi connectivity index (χ3v) is 4.02. The van der Waals surface area contributed by atoms with E-state index in [2.05, 4.69) is 11.5 Å². The molecule has 1 aromatic rings. The molecule has 1 aliphatic heterocycles. The molecule has 0 saturated carbocycles. The average molecular weight is 319 g/mol. The summed E-state index contributed by atoms with van der Waals surface area (Å²) in [5.74, 6) is -1.61. The number of amides is 1. The Labute approximate surface area is 134 Å². The molecule has 2 N–H and O–H groups in total. The fourth-order valence-corrected chi connectivity index (χ4v) is 2.64. The summed E-state index contributed by atoms with van der Waals surface area (Å²) in [6.45, 7) is 7.82. The normalized spacial score (nSPS) is 16.4. The molecule has 0 spiro atoms. The van der Waals surface area contributed by atoms with Crippen LogP contribution in [0.3, 0.4) is 0 Å². The number of carbonyl (C=O) groups excluding carboxylic acids is 2. The molecule has 23 heavy (non-hydrogen) atoms. The molecule has 2 rings (SSSR count). The number of aromatic nitrogens is 1. The lowest BCUT2D eigenvalue weighted by Gasteiger charge is -2.32. The van der Waals surface area contributed by atoms with Crippen LogP contribution in [0.2, 0.25) is 0 Å². The van der Waals surface area contributed by atoms with Gasteiger partial charge in [-0.3, -0.25) is 14.2 Å². The standard InChI is InChI=1S/C16H21N3O4/c1-4-11(5-2)19-12(10-20)14(21)15(22)13(19)16(23)18-8-6-17(3)7-9-18/h4-5,10,21-22H,1,6-9H2,2-3H3/b11-5+. The van der Waals surface area contributed by atoms with E-state index in [1.807, 2.05) is 7.05 Å². The highest BCUT2D eigenvalue weighted by molar-refractivity contribution is 6.01. The summed E-state index contributed by atoms with van der Waals surface area (Å²) in [6.07, 6.45) is 3.50. The summed E-state index contributed by atoms with van der Waals surface area (Å²) in [5, 5.41) is 20.2. The van der Waals surface area contributed by atoms with Gasteiger partial charge in [0.25, 0.3) is 5.91 Å². The number of allylic oxidation sites excluding steroid dienone is 3. The van der Waals surface area contributed by atoms with Gasteiger partial charge in [-0.1, -0.05) is 12.7 Å². The summed E-state index contributed by atoms with van der Waals surface area (Å²) in [4.78, 5) is 27.8. The van der Waals surface area contributed by atoms with Crippen molar-refractivity contribution in [2.75, 3.05) is 33.2 Å². The fourth-order valence-electron chi connectivity index (χ4n) is 2.64. The Balaban J connectivity index is 2.55. The molecule has 0 unspecified atom stereocenters. The highest BCUT2D eigenvalue weighted by Crippen LogP contribution is 2.38. The molecule has 1 aliphatic rings. The quantitative estimate of drug-likeness (QED) is 0.642. The van der Waals surface area contributed by atoms with Gasteiger partial charge in [0.2, 0.25) is 0 Å². The van der Waals surface area contributed by atoms with Crippen LogP contribution in [-0.4, -0.2) is 70.0 Å². The summed E-state index contributed by atoms with van der Waals surface area (Å²) >= 11 is 0. The van der Waals surface area contributed by atoms with Gasteiger partial charge in [0, 0.05) is 31.9 Å². The molecule has 1 aromatic heterocycles. The maximum absolute atomic E-state index is 12.8. The van der Waals surface area contributed by atoms with Crippen LogP contribution in [0, 0.1) is 0 Å². The van der Waals surface area contributed by atoms with Crippen molar-refractivity contribution in [1.29, 1.82) is 0 Å². The molecular formula is C16H21N3O4. The molecular weight excluding hydrogens is 298 g/mol. The van der Waals surface area contributed by atoms with Crippen molar-refractivity contribution in [2.45, 2.75) is 6.92 Å². The lowest BCUT2D eigenvalue weighted by atomic mass is 10.2. The molecule has 0 bridgehead atoms. The SMILES string of the molecule is C=C/C(=C\C)n1c(C=O)c(O)c(O)c1C(=O)N1CCN(C)CC1. The van der Waals surface area contributed by atoms with Crippen LogP contribution in [0.15, 0.2) is 18.7 Å². The van der Waals surface area contributed by atoms with Crippen LogP contribution in [0.4, 0.5) is 0 Å². The van der Waals surface area contributed by atoms with Crippen molar-refractivity contribution in [3.05, 3.63) is 30.1 Å². The fraction of sp³-hybridized carbons (Fsp3) is 0.375. The molecule has 2 heterocycles. The number of carbonyl (C=O) groups is 2. The number of aldehydes is 1. The molecule has 7 nitrogen and oxygen atoms in total. The zero-order chi connectivity index (χ0) is 17.1. The van der Waals surface area contributed by atoms with Crippen LogP contribution in [0.25, 0.3) is 5.70 Å². The highest BCUT2D eigenvalue weighted by atomic mass is 16.3. The largest absolute Gasteiger partial charge is 0.503 e. The first-order chi connectivity index (χ1) is 11.0. The topological polar surface area (TPSA) is 86.0 Å². The molecule has 0 radical (unpaired) electrons. The van der Waals surface area contributed by atoms with Gasteiger partial charge in [-0.15, -0.1) is 0 Å². The molecule has 124 valence electrons. The maximum Gasteiger partial charge on any atom is 0.274 e. The van der Waals surface area contributed by atoms with Crippen molar-refractivity contribution in [3.8, 4) is 11.5 Å². The van der Waals surface area contributed by atoms with Crippen LogP contribution in [-0.2, 0) is 0 Å². The molecule has 0 atom stereocenters. The summed E-state index contributed by atoms with van der Waals surface area (Å²) < 4.78 is 1.24. The van der Waals surface area contributed by atoms with Crippen molar-refractivity contribution in [2.24, 2.45) is 0 Å². The van der Waals surface area contributed by atoms with E-state index in [4.69, 9.17) is 0 Å². The minimum Gasteiger partial charge on any atom is -0.503 e. The third-order valence-electron chi connectivity index (χ3n) is 4.02. The number of hydrogen-bond donors (Lipinski definition) is 2. The zero-order valence-corrected chi connectivity index (χ0v) is 13.3. The Kier molecular flexibility index (Phi) is 4.90. The van der Waals surface area contributed by atoms with E-state index < -0.39 is 17.4 Å². The minimum absolute atomic E-state index is 0.123. The first-order valence-electron chi connectivity index (χ1n) is 7.35. The number of likely N-dealkylation sites (N-methyl/N-ethyl adjacent to an activating group) is 1. The van der Waals surface area contributed by atoms with E-state index in [1.54, 1.807) is 17.9 Å². The predicted molar refractivity (Wildman–Crippen MR) is 86.7 cm³/mol. The zero-order valence-electron chi connectivity index (χ0n) is 13.3. The Bertz CT molecular complexity index is 667. The smallest absolute Gasteiger partial charge is 0.274 e. The van der Waals surface area contributed by atoms with Crippen LogP contribution >= 0.6 is 0 Å². The number of aromatic hydroxyl groups is 2. The number of rotatable bonds is 4. The van der Waals surface area contributed by atoms with Crippen molar-refractivity contribution in [1.82, 2.24) is 14.4 Å². The van der Waals surface area contributed by atoms with E-state index in [0.29, 0.717) is 25.1 Å². The second-order valence-corrected chi connectivity index (χ2v) is 5.40. The van der Waals surface area contributed by atoms with Gasteiger partial charge in [-0.2, -0.15) is 0 Å². The summed E-state index contributed by atoms with van der Waals surface area (Å²) in [7, 11) is 1.97. The average Bonchev–Trinajstić information content (AvgIpc) is 2.80. The second-order valence-electron chi connectivity index (χ2n) is 5.40. The van der Waals surface area contributed by atoms with Gasteiger partial charge in [-0.25, -0.2) is 0 Å². The number of hydrogen-bond acceptors (Lipinski definition) is 5. The summed E-state index contributed by atoms with van der Waals surface area (Å²) in [6, 6.07) is 0. The Morgan fingerprint density at radius 1 is 1.17 bits per heavy atom. The minimum atomic E-state index is -0.598. The van der Waals surface area contributed by atoms with Crippen molar-refractivity contribution < 1.29 is 19.8 Å². The van der Waals surface area contributed by atoms with Gasteiger partial charge in [0.1, 0.15) is 5.69 Å².